The molecule has 1 aliphatic carbocycles. The predicted octanol–water partition coefficient (Wildman–Crippen LogP) is 3.34. The van der Waals surface area contributed by atoms with Crippen molar-refractivity contribution in [3.8, 4) is 0 Å². The van der Waals surface area contributed by atoms with Crippen LogP contribution in [-0.2, 0) is 4.79 Å². The molecule has 1 aromatic heterocycles. The van der Waals surface area contributed by atoms with Crippen LogP contribution >= 0.6 is 0 Å². The molecule has 2 fully saturated rings. The van der Waals surface area contributed by atoms with Crippen LogP contribution in [0.4, 0.5) is 0 Å². The number of carbonyl (C=O) groups is 1. The van der Waals surface area contributed by atoms with E-state index in [1.54, 1.807) is 0 Å². The van der Waals surface area contributed by atoms with Crippen molar-refractivity contribution in [1.29, 1.82) is 0 Å². The summed E-state index contributed by atoms with van der Waals surface area (Å²) in [6.45, 7) is 6.83. The third kappa shape index (κ3) is 3.32. The SMILES string of the molecule is C=CC1CCC(n2cnc(/C=C3\C[C@H](C)CNC3=O)c2)CC1. The van der Waals surface area contributed by atoms with Crippen LogP contribution in [0.5, 0.6) is 0 Å². The molecule has 1 atom stereocenters. The standard InChI is InChI=1S/C18H25N3O/c1-3-14-4-6-17(7-5-14)21-11-16(20-12-21)9-15-8-13(2)10-19-18(15)22/h3,9,11-14,17H,1,4-8,10H2,2H3,(H,19,22)/b15-9+/t13-,14?,17?/m0/s1. The van der Waals surface area contributed by atoms with Crippen molar-refractivity contribution < 1.29 is 4.79 Å². The first-order valence-electron chi connectivity index (χ1n) is 8.30. The van der Waals surface area contributed by atoms with Crippen molar-refractivity contribution in [1.82, 2.24) is 14.9 Å². The van der Waals surface area contributed by atoms with E-state index in [0.717, 1.165) is 24.2 Å². The molecule has 1 N–H and O–H groups in total. The Bertz CT molecular complexity index is 579. The van der Waals surface area contributed by atoms with E-state index in [-0.39, 0.29) is 5.91 Å². The second kappa shape index (κ2) is 6.51. The lowest BCUT2D eigenvalue weighted by Gasteiger charge is -2.27. The Morgan fingerprint density at radius 2 is 2.14 bits per heavy atom. The van der Waals surface area contributed by atoms with Gasteiger partial charge in [0.1, 0.15) is 0 Å². The normalized spacial score (nSPS) is 31.0. The average Bonchev–Trinajstić information content (AvgIpc) is 2.99. The van der Waals surface area contributed by atoms with Gasteiger partial charge in [-0.2, -0.15) is 0 Å². The lowest BCUT2D eigenvalue weighted by molar-refractivity contribution is -0.118. The molecule has 0 radical (unpaired) electrons. The molecule has 118 valence electrons. The summed E-state index contributed by atoms with van der Waals surface area (Å²) < 4.78 is 2.22. The lowest BCUT2D eigenvalue weighted by atomic mass is 9.86. The second-order valence-corrected chi connectivity index (χ2v) is 6.74. The first-order valence-corrected chi connectivity index (χ1v) is 8.30. The highest BCUT2D eigenvalue weighted by atomic mass is 16.1. The maximum absolute atomic E-state index is 11.9. The summed E-state index contributed by atoms with van der Waals surface area (Å²) in [5, 5.41) is 2.93. The first kappa shape index (κ1) is 15.1. The fraction of sp³-hybridized carbons (Fsp3) is 0.556. The largest absolute Gasteiger partial charge is 0.352 e. The molecule has 2 aliphatic rings. The van der Waals surface area contributed by atoms with E-state index in [0.29, 0.717) is 17.9 Å². The Morgan fingerprint density at radius 3 is 2.86 bits per heavy atom. The first-order chi connectivity index (χ1) is 10.7. The Kier molecular flexibility index (Phi) is 4.46. The van der Waals surface area contributed by atoms with Gasteiger partial charge in [0.2, 0.25) is 5.91 Å². The smallest absolute Gasteiger partial charge is 0.247 e. The number of piperidine rings is 1. The van der Waals surface area contributed by atoms with Gasteiger partial charge in [0.05, 0.1) is 12.0 Å². The van der Waals surface area contributed by atoms with Gasteiger partial charge < -0.3 is 9.88 Å². The molecule has 1 saturated carbocycles. The molecule has 2 heterocycles. The molecule has 0 unspecified atom stereocenters. The maximum Gasteiger partial charge on any atom is 0.247 e. The van der Waals surface area contributed by atoms with Crippen LogP contribution in [0.15, 0.2) is 30.8 Å². The van der Waals surface area contributed by atoms with Gasteiger partial charge in [-0.3, -0.25) is 4.79 Å². The number of imidazole rings is 1. The maximum atomic E-state index is 11.9. The molecular weight excluding hydrogens is 274 g/mol. The number of nitrogens with zero attached hydrogens (tertiary/aromatic N) is 2. The van der Waals surface area contributed by atoms with Crippen molar-refractivity contribution in [2.45, 2.75) is 45.1 Å². The highest BCUT2D eigenvalue weighted by molar-refractivity contribution is 5.98. The number of rotatable bonds is 3. The van der Waals surface area contributed by atoms with Crippen molar-refractivity contribution in [3.63, 3.8) is 0 Å². The molecule has 4 heteroatoms. The van der Waals surface area contributed by atoms with Gasteiger partial charge in [0, 0.05) is 24.4 Å². The fourth-order valence-electron chi connectivity index (χ4n) is 3.49. The topological polar surface area (TPSA) is 46.9 Å². The van der Waals surface area contributed by atoms with Gasteiger partial charge in [-0.05, 0) is 50.0 Å². The highest BCUT2D eigenvalue weighted by Crippen LogP contribution is 2.32. The molecule has 4 nitrogen and oxygen atoms in total. The van der Waals surface area contributed by atoms with E-state index >= 15 is 0 Å². The summed E-state index contributed by atoms with van der Waals surface area (Å²) in [5.74, 6) is 1.23. The highest BCUT2D eigenvalue weighted by Gasteiger charge is 2.22. The Hall–Kier alpha value is -1.84. The number of hydrogen-bond acceptors (Lipinski definition) is 2. The number of carbonyl (C=O) groups excluding carboxylic acids is 1. The number of nitrogens with one attached hydrogen (secondary N) is 1. The van der Waals surface area contributed by atoms with E-state index in [2.05, 4.69) is 40.6 Å². The van der Waals surface area contributed by atoms with Crippen molar-refractivity contribution in [3.05, 3.63) is 36.4 Å². The zero-order chi connectivity index (χ0) is 15.5. The Balaban J connectivity index is 1.69. The molecule has 1 aliphatic heterocycles. The summed E-state index contributed by atoms with van der Waals surface area (Å²) in [4.78, 5) is 16.4. The average molecular weight is 299 g/mol. The van der Waals surface area contributed by atoms with Gasteiger partial charge >= 0.3 is 0 Å². The number of aromatic nitrogens is 2. The summed E-state index contributed by atoms with van der Waals surface area (Å²) in [7, 11) is 0. The second-order valence-electron chi connectivity index (χ2n) is 6.74. The summed E-state index contributed by atoms with van der Waals surface area (Å²) in [5.41, 5.74) is 1.74. The Labute approximate surface area is 132 Å². The van der Waals surface area contributed by atoms with E-state index in [1.165, 1.54) is 25.7 Å². The van der Waals surface area contributed by atoms with E-state index in [4.69, 9.17) is 0 Å². The van der Waals surface area contributed by atoms with Crippen molar-refractivity contribution >= 4 is 12.0 Å². The van der Waals surface area contributed by atoms with Crippen molar-refractivity contribution in [2.75, 3.05) is 6.54 Å². The summed E-state index contributed by atoms with van der Waals surface area (Å²) >= 11 is 0. The van der Waals surface area contributed by atoms with Crippen molar-refractivity contribution in [2.24, 2.45) is 11.8 Å². The van der Waals surface area contributed by atoms with Gasteiger partial charge in [-0.15, -0.1) is 6.58 Å². The molecule has 0 aromatic carbocycles. The Morgan fingerprint density at radius 1 is 1.36 bits per heavy atom. The molecule has 0 bridgehead atoms. The molecule has 3 rings (SSSR count). The molecule has 1 saturated heterocycles. The minimum absolute atomic E-state index is 0.0548. The number of amides is 1. The molecule has 1 amide bonds. The summed E-state index contributed by atoms with van der Waals surface area (Å²) in [6, 6.07) is 0.537. The van der Waals surface area contributed by atoms with Gasteiger partial charge in [-0.25, -0.2) is 4.98 Å². The van der Waals surface area contributed by atoms with Gasteiger partial charge in [0.25, 0.3) is 0 Å². The molecule has 22 heavy (non-hydrogen) atoms. The monoisotopic (exact) mass is 299 g/mol. The van der Waals surface area contributed by atoms with Crippen LogP contribution in [0.1, 0.15) is 50.8 Å². The van der Waals surface area contributed by atoms with E-state index < -0.39 is 0 Å². The van der Waals surface area contributed by atoms with Gasteiger partial charge in [-0.1, -0.05) is 13.0 Å². The van der Waals surface area contributed by atoms with E-state index in [9.17, 15) is 4.79 Å². The number of hydrogen-bond donors (Lipinski definition) is 1. The van der Waals surface area contributed by atoms with Crippen LogP contribution in [0.25, 0.3) is 6.08 Å². The van der Waals surface area contributed by atoms with E-state index in [1.807, 2.05) is 12.4 Å². The zero-order valence-corrected chi connectivity index (χ0v) is 13.3. The molecule has 0 spiro atoms. The van der Waals surface area contributed by atoms with Gasteiger partial charge in [0.15, 0.2) is 0 Å². The minimum atomic E-state index is 0.0548. The fourth-order valence-corrected chi connectivity index (χ4v) is 3.49. The van der Waals surface area contributed by atoms with Crippen LogP contribution in [0.2, 0.25) is 0 Å². The summed E-state index contributed by atoms with van der Waals surface area (Å²) in [6.07, 6.45) is 13.6. The predicted molar refractivity (Wildman–Crippen MR) is 88.2 cm³/mol. The quantitative estimate of drug-likeness (QED) is 0.687. The van der Waals surface area contributed by atoms with Crippen LogP contribution in [0, 0.1) is 11.8 Å². The molecular formula is C18H25N3O. The van der Waals surface area contributed by atoms with Crippen LogP contribution in [0.3, 0.4) is 0 Å². The molecule has 1 aromatic rings. The number of allylic oxidation sites excluding steroid dienone is 1. The van der Waals surface area contributed by atoms with Crippen LogP contribution in [-0.4, -0.2) is 22.0 Å². The third-order valence-electron chi connectivity index (χ3n) is 4.91. The third-order valence-corrected chi connectivity index (χ3v) is 4.91. The van der Waals surface area contributed by atoms with Crippen LogP contribution < -0.4 is 5.32 Å². The lowest BCUT2D eigenvalue weighted by Crippen LogP contribution is -2.35. The zero-order valence-electron chi connectivity index (χ0n) is 13.3. The minimum Gasteiger partial charge on any atom is -0.352 e.